The predicted octanol–water partition coefficient (Wildman–Crippen LogP) is 3.96. The number of hydrogen-bond donors (Lipinski definition) is 3. The van der Waals surface area contributed by atoms with Crippen molar-refractivity contribution >= 4 is 23.7 Å². The average molecular weight is 355 g/mol. The lowest BCUT2D eigenvalue weighted by Gasteiger charge is -2.28. The summed E-state index contributed by atoms with van der Waals surface area (Å²) in [7, 11) is 0. The van der Waals surface area contributed by atoms with Gasteiger partial charge in [0.1, 0.15) is 0 Å². The molecule has 128 valence electrons. The van der Waals surface area contributed by atoms with E-state index in [0.29, 0.717) is 16.3 Å². The monoisotopic (exact) mass is 354 g/mol. The van der Waals surface area contributed by atoms with Crippen LogP contribution in [0.5, 0.6) is 0 Å². The van der Waals surface area contributed by atoms with Gasteiger partial charge in [0.25, 0.3) is 0 Å². The van der Waals surface area contributed by atoms with Crippen molar-refractivity contribution in [1.29, 1.82) is 0 Å². The summed E-state index contributed by atoms with van der Waals surface area (Å²) >= 11 is 5.93. The second-order valence-corrected chi connectivity index (χ2v) is 6.36. The van der Waals surface area contributed by atoms with Gasteiger partial charge in [0.15, 0.2) is 0 Å². The zero-order valence-electron chi connectivity index (χ0n) is 13.8. The van der Waals surface area contributed by atoms with Crippen molar-refractivity contribution in [2.24, 2.45) is 0 Å². The van der Waals surface area contributed by atoms with Crippen molar-refractivity contribution in [1.82, 2.24) is 10.6 Å². The van der Waals surface area contributed by atoms with E-state index in [1.54, 1.807) is 12.1 Å². The number of halogens is 1. The van der Waals surface area contributed by atoms with Crippen LogP contribution < -0.4 is 10.6 Å². The Hall–Kier alpha value is -2.56. The number of rotatable bonds is 4. The van der Waals surface area contributed by atoms with Crippen LogP contribution in [0.4, 0.5) is 4.79 Å². The summed E-state index contributed by atoms with van der Waals surface area (Å²) in [5.74, 6) is 0. The number of aryl methyl sites for hydroxylation is 1. The molecule has 2 amide bonds. The van der Waals surface area contributed by atoms with Crippen molar-refractivity contribution in [2.45, 2.75) is 13.0 Å². The van der Waals surface area contributed by atoms with E-state index < -0.39 is 6.04 Å². The molecular weight excluding hydrogens is 336 g/mol. The van der Waals surface area contributed by atoms with Crippen LogP contribution in [0, 0.1) is 6.92 Å². The quantitative estimate of drug-likeness (QED) is 0.778. The van der Waals surface area contributed by atoms with E-state index in [-0.39, 0.29) is 12.6 Å². The van der Waals surface area contributed by atoms with Crippen molar-refractivity contribution < 1.29 is 9.90 Å². The molecule has 3 N–H and O–H groups in total. The smallest absolute Gasteiger partial charge is 0.319 e. The summed E-state index contributed by atoms with van der Waals surface area (Å²) in [6, 6.07) is 14.6. The van der Waals surface area contributed by atoms with E-state index in [1.807, 2.05) is 55.5 Å². The summed E-state index contributed by atoms with van der Waals surface area (Å²) in [6.07, 6.45) is 3.73. The lowest BCUT2D eigenvalue weighted by atomic mass is 9.95. The van der Waals surface area contributed by atoms with Gasteiger partial charge >= 0.3 is 6.03 Å². The Labute approximate surface area is 151 Å². The second kappa shape index (κ2) is 7.55. The molecule has 1 atom stereocenters. The van der Waals surface area contributed by atoms with Gasteiger partial charge in [-0.25, -0.2) is 4.79 Å². The molecule has 0 aliphatic carbocycles. The molecule has 5 heteroatoms. The highest BCUT2D eigenvalue weighted by Crippen LogP contribution is 2.28. The number of hydrogen-bond acceptors (Lipinski definition) is 2. The maximum atomic E-state index is 12.0. The molecule has 1 unspecified atom stereocenters. The number of nitrogens with one attached hydrogen (secondary N) is 2. The highest BCUT2D eigenvalue weighted by molar-refractivity contribution is 6.30. The molecule has 25 heavy (non-hydrogen) atoms. The third-order valence-corrected chi connectivity index (χ3v) is 4.36. The molecule has 0 aromatic heterocycles. The van der Waals surface area contributed by atoms with Crippen LogP contribution >= 0.6 is 11.6 Å². The van der Waals surface area contributed by atoms with Crippen molar-refractivity contribution in [2.75, 3.05) is 6.61 Å². The van der Waals surface area contributed by atoms with Crippen molar-refractivity contribution in [3.05, 3.63) is 87.6 Å². The van der Waals surface area contributed by atoms with Crippen LogP contribution in [0.1, 0.15) is 22.7 Å². The Morgan fingerprint density at radius 3 is 2.40 bits per heavy atom. The fraction of sp³-hybridized carbons (Fsp3) is 0.150. The summed E-state index contributed by atoms with van der Waals surface area (Å²) in [4.78, 5) is 12.0. The third-order valence-electron chi connectivity index (χ3n) is 4.11. The zero-order chi connectivity index (χ0) is 17.8. The third kappa shape index (κ3) is 4.10. The lowest BCUT2D eigenvalue weighted by Crippen LogP contribution is -2.44. The minimum Gasteiger partial charge on any atom is -0.392 e. The normalized spacial score (nSPS) is 17.6. The molecule has 1 heterocycles. The molecule has 0 bridgehead atoms. The molecule has 0 fully saturated rings. The standard InChI is InChI=1S/C20H19ClN2O2/c1-13-2-4-14(5-3-13)6-11-18-17(12-24)19(23-20(25)22-18)15-7-9-16(21)10-8-15/h2-11,19,24H,12H2,1H3,(H2,22,23,25)/b11-6+. The Balaban J connectivity index is 1.94. The number of carbonyl (C=O) groups excluding carboxylic acids is 1. The largest absolute Gasteiger partial charge is 0.392 e. The van der Waals surface area contributed by atoms with E-state index in [1.165, 1.54) is 5.56 Å². The maximum Gasteiger partial charge on any atom is 0.319 e. The molecule has 0 spiro atoms. The Kier molecular flexibility index (Phi) is 5.22. The first-order valence-electron chi connectivity index (χ1n) is 7.98. The van der Waals surface area contributed by atoms with Gasteiger partial charge in [0.2, 0.25) is 0 Å². The van der Waals surface area contributed by atoms with Crippen LogP contribution in [-0.2, 0) is 0 Å². The van der Waals surface area contributed by atoms with Crippen LogP contribution in [0.2, 0.25) is 5.02 Å². The molecular formula is C20H19ClN2O2. The molecule has 1 aliphatic heterocycles. The minimum atomic E-state index is -0.395. The number of allylic oxidation sites excluding steroid dienone is 1. The van der Waals surface area contributed by atoms with Crippen LogP contribution in [-0.4, -0.2) is 17.7 Å². The number of aliphatic hydroxyl groups excluding tert-OH is 1. The van der Waals surface area contributed by atoms with Gasteiger partial charge < -0.3 is 15.7 Å². The second-order valence-electron chi connectivity index (χ2n) is 5.92. The summed E-state index contributed by atoms with van der Waals surface area (Å²) in [6.45, 7) is 1.86. The zero-order valence-corrected chi connectivity index (χ0v) is 14.5. The van der Waals surface area contributed by atoms with Crippen molar-refractivity contribution in [3.63, 3.8) is 0 Å². The van der Waals surface area contributed by atoms with Crippen molar-refractivity contribution in [3.8, 4) is 0 Å². The molecule has 0 radical (unpaired) electrons. The highest BCUT2D eigenvalue weighted by Gasteiger charge is 2.26. The van der Waals surface area contributed by atoms with E-state index in [0.717, 1.165) is 11.1 Å². The average Bonchev–Trinajstić information content (AvgIpc) is 2.61. The summed E-state index contributed by atoms with van der Waals surface area (Å²) in [5, 5.41) is 16.1. The Bertz CT molecular complexity index is 824. The summed E-state index contributed by atoms with van der Waals surface area (Å²) in [5.41, 5.74) is 4.37. The number of urea groups is 1. The van der Waals surface area contributed by atoms with Gasteiger partial charge in [-0.2, -0.15) is 0 Å². The SMILES string of the molecule is Cc1ccc(/C=C/C2=C(CO)C(c3ccc(Cl)cc3)NC(=O)N2)cc1. The van der Waals surface area contributed by atoms with Gasteiger partial charge in [0, 0.05) is 16.3 Å². The van der Waals surface area contributed by atoms with Gasteiger partial charge in [-0.1, -0.05) is 59.6 Å². The number of benzene rings is 2. The Morgan fingerprint density at radius 2 is 1.76 bits per heavy atom. The fourth-order valence-electron chi connectivity index (χ4n) is 2.73. The van der Waals surface area contributed by atoms with E-state index in [2.05, 4.69) is 10.6 Å². The van der Waals surface area contributed by atoms with Gasteiger partial charge in [-0.3, -0.25) is 0 Å². The molecule has 1 aliphatic rings. The molecule has 0 saturated carbocycles. The van der Waals surface area contributed by atoms with Crippen LogP contribution in [0.15, 0.2) is 65.9 Å². The molecule has 3 rings (SSSR count). The molecule has 4 nitrogen and oxygen atoms in total. The fourth-order valence-corrected chi connectivity index (χ4v) is 2.86. The minimum absolute atomic E-state index is 0.172. The number of amides is 2. The molecule has 2 aromatic rings. The lowest BCUT2D eigenvalue weighted by molar-refractivity contribution is 0.235. The number of carbonyl (C=O) groups is 1. The van der Waals surface area contributed by atoms with E-state index >= 15 is 0 Å². The van der Waals surface area contributed by atoms with Gasteiger partial charge in [0.05, 0.1) is 12.6 Å². The number of aliphatic hydroxyl groups is 1. The first kappa shape index (κ1) is 17.3. The predicted molar refractivity (Wildman–Crippen MR) is 100 cm³/mol. The highest BCUT2D eigenvalue weighted by atomic mass is 35.5. The first-order valence-corrected chi connectivity index (χ1v) is 8.36. The Morgan fingerprint density at radius 1 is 1.08 bits per heavy atom. The van der Waals surface area contributed by atoms with E-state index in [9.17, 15) is 9.90 Å². The van der Waals surface area contributed by atoms with Crippen LogP contribution in [0.25, 0.3) is 6.08 Å². The molecule has 2 aromatic carbocycles. The van der Waals surface area contributed by atoms with Crippen LogP contribution in [0.3, 0.4) is 0 Å². The molecule has 0 saturated heterocycles. The maximum absolute atomic E-state index is 12.0. The summed E-state index contributed by atoms with van der Waals surface area (Å²) < 4.78 is 0. The first-order chi connectivity index (χ1) is 12.1. The van der Waals surface area contributed by atoms with Gasteiger partial charge in [-0.05, 0) is 36.3 Å². The van der Waals surface area contributed by atoms with E-state index in [4.69, 9.17) is 11.6 Å². The topological polar surface area (TPSA) is 61.4 Å². The van der Waals surface area contributed by atoms with Gasteiger partial charge in [-0.15, -0.1) is 0 Å².